The minimum Gasteiger partial charge on any atom is -0.382 e. The minimum absolute atomic E-state index is 0. The number of carbonyl (C=O) groups excluding carboxylic acids is 1. The lowest BCUT2D eigenvalue weighted by atomic mass is 9.82. The predicted molar refractivity (Wildman–Crippen MR) is 78.6 cm³/mol. The lowest BCUT2D eigenvalue weighted by Gasteiger charge is -2.32. The van der Waals surface area contributed by atoms with Crippen LogP contribution in [0.2, 0.25) is 0 Å². The minimum atomic E-state index is 0. The van der Waals surface area contributed by atoms with Crippen molar-refractivity contribution in [3.8, 4) is 0 Å². The van der Waals surface area contributed by atoms with Crippen LogP contribution >= 0.6 is 12.4 Å². The largest absolute Gasteiger partial charge is 0.382 e. The zero-order valence-corrected chi connectivity index (χ0v) is 12.7. The van der Waals surface area contributed by atoms with E-state index in [9.17, 15) is 4.79 Å². The van der Waals surface area contributed by atoms with Gasteiger partial charge in [0.1, 0.15) is 0 Å². The summed E-state index contributed by atoms with van der Waals surface area (Å²) in [4.78, 5) is 11.9. The summed E-state index contributed by atoms with van der Waals surface area (Å²) in [7, 11) is 0. The molecule has 0 aromatic carbocycles. The van der Waals surface area contributed by atoms with Crippen LogP contribution in [-0.2, 0) is 9.53 Å². The highest BCUT2D eigenvalue weighted by Gasteiger charge is 2.35. The number of ether oxygens (including phenoxy) is 1. The quantitative estimate of drug-likeness (QED) is 0.702. The lowest BCUT2D eigenvalue weighted by molar-refractivity contribution is -0.127. The van der Waals surface area contributed by atoms with Crippen molar-refractivity contribution in [1.82, 2.24) is 10.6 Å². The van der Waals surface area contributed by atoms with Gasteiger partial charge in [-0.2, -0.15) is 0 Å². The van der Waals surface area contributed by atoms with Crippen LogP contribution in [0, 0.1) is 11.3 Å². The molecule has 112 valence electrons. The molecule has 0 spiro atoms. The second-order valence-corrected chi connectivity index (χ2v) is 5.73. The summed E-state index contributed by atoms with van der Waals surface area (Å²) in [6, 6.07) is 0. The van der Waals surface area contributed by atoms with E-state index in [0.29, 0.717) is 5.41 Å². The first-order chi connectivity index (χ1) is 8.76. The molecule has 0 unspecified atom stereocenters. The van der Waals surface area contributed by atoms with Crippen molar-refractivity contribution < 1.29 is 9.53 Å². The zero-order chi connectivity index (χ0) is 12.8. The van der Waals surface area contributed by atoms with Gasteiger partial charge in [0.15, 0.2) is 0 Å². The summed E-state index contributed by atoms with van der Waals surface area (Å²) in [5, 5.41) is 6.30. The van der Waals surface area contributed by atoms with Crippen LogP contribution in [0.4, 0.5) is 0 Å². The van der Waals surface area contributed by atoms with Gasteiger partial charge >= 0.3 is 0 Å². The van der Waals surface area contributed by atoms with Crippen molar-refractivity contribution in [3.63, 3.8) is 0 Å². The number of hydrogen-bond acceptors (Lipinski definition) is 3. The first kappa shape index (κ1) is 16.7. The first-order valence-corrected chi connectivity index (χ1v) is 7.32. The maximum atomic E-state index is 11.9. The molecule has 2 aliphatic rings. The van der Waals surface area contributed by atoms with Crippen LogP contribution in [0.25, 0.3) is 0 Å². The predicted octanol–water partition coefficient (Wildman–Crippen LogP) is 1.73. The number of carbonyl (C=O) groups is 1. The highest BCUT2D eigenvalue weighted by atomic mass is 35.5. The second-order valence-electron chi connectivity index (χ2n) is 5.73. The molecule has 1 heterocycles. The molecule has 1 saturated carbocycles. The van der Waals surface area contributed by atoms with Gasteiger partial charge in [0, 0.05) is 32.8 Å². The van der Waals surface area contributed by atoms with Crippen molar-refractivity contribution in [2.24, 2.45) is 11.3 Å². The fourth-order valence-corrected chi connectivity index (χ4v) is 2.97. The van der Waals surface area contributed by atoms with E-state index in [1.807, 2.05) is 6.92 Å². The summed E-state index contributed by atoms with van der Waals surface area (Å²) in [5.41, 5.74) is 0.308. The average Bonchev–Trinajstić information content (AvgIpc) is 2.74. The standard InChI is InChI=1S/C14H26N2O2.ClH/c1-2-18-8-7-14(5-3-4-6-14)11-16-13(17)12-9-15-10-12;/h12,15H,2-11H2,1H3,(H,16,17);1H. The van der Waals surface area contributed by atoms with Crippen molar-refractivity contribution >= 4 is 18.3 Å². The van der Waals surface area contributed by atoms with E-state index >= 15 is 0 Å². The molecule has 1 amide bonds. The number of nitrogens with one attached hydrogen (secondary N) is 2. The molecule has 2 fully saturated rings. The van der Waals surface area contributed by atoms with Gasteiger partial charge in [-0.05, 0) is 31.6 Å². The van der Waals surface area contributed by atoms with Gasteiger partial charge in [0.2, 0.25) is 5.91 Å². The molecular weight excluding hydrogens is 264 g/mol. The van der Waals surface area contributed by atoms with E-state index in [2.05, 4.69) is 10.6 Å². The molecule has 19 heavy (non-hydrogen) atoms. The van der Waals surface area contributed by atoms with Gasteiger partial charge in [-0.25, -0.2) is 0 Å². The Labute approximate surface area is 122 Å². The summed E-state index contributed by atoms with van der Waals surface area (Å²) in [6.45, 7) is 6.19. The molecule has 2 rings (SSSR count). The number of halogens is 1. The third-order valence-corrected chi connectivity index (χ3v) is 4.43. The van der Waals surface area contributed by atoms with Crippen LogP contribution < -0.4 is 10.6 Å². The summed E-state index contributed by atoms with van der Waals surface area (Å²) < 4.78 is 5.48. The smallest absolute Gasteiger partial charge is 0.225 e. The van der Waals surface area contributed by atoms with Crippen LogP contribution in [0.15, 0.2) is 0 Å². The summed E-state index contributed by atoms with van der Waals surface area (Å²) in [6.07, 6.45) is 6.16. The molecular formula is C14H27ClN2O2. The fourth-order valence-electron chi connectivity index (χ4n) is 2.97. The van der Waals surface area contributed by atoms with E-state index in [1.165, 1.54) is 25.7 Å². The molecule has 2 N–H and O–H groups in total. The third-order valence-electron chi connectivity index (χ3n) is 4.43. The molecule has 0 atom stereocenters. The van der Waals surface area contributed by atoms with Crippen molar-refractivity contribution in [2.75, 3.05) is 32.8 Å². The maximum Gasteiger partial charge on any atom is 0.225 e. The van der Waals surface area contributed by atoms with Crippen LogP contribution in [0.1, 0.15) is 39.0 Å². The maximum absolute atomic E-state index is 11.9. The molecule has 0 radical (unpaired) electrons. The monoisotopic (exact) mass is 290 g/mol. The fraction of sp³-hybridized carbons (Fsp3) is 0.929. The van der Waals surface area contributed by atoms with E-state index in [-0.39, 0.29) is 24.2 Å². The molecule has 0 bridgehead atoms. The van der Waals surface area contributed by atoms with E-state index in [0.717, 1.165) is 39.3 Å². The zero-order valence-electron chi connectivity index (χ0n) is 11.9. The highest BCUT2D eigenvalue weighted by Crippen LogP contribution is 2.40. The van der Waals surface area contributed by atoms with E-state index in [4.69, 9.17) is 4.74 Å². The first-order valence-electron chi connectivity index (χ1n) is 7.32. The highest BCUT2D eigenvalue weighted by molar-refractivity contribution is 5.85. The molecule has 5 heteroatoms. The Kier molecular flexibility index (Phi) is 7.11. The van der Waals surface area contributed by atoms with Gasteiger partial charge in [0.05, 0.1) is 5.92 Å². The summed E-state index contributed by atoms with van der Waals surface area (Å²) in [5.74, 6) is 0.437. The lowest BCUT2D eigenvalue weighted by Crippen LogP contribution is -2.52. The van der Waals surface area contributed by atoms with E-state index in [1.54, 1.807) is 0 Å². The second kappa shape index (κ2) is 8.08. The van der Waals surface area contributed by atoms with Gasteiger partial charge in [-0.3, -0.25) is 4.79 Å². The Morgan fingerprint density at radius 1 is 1.37 bits per heavy atom. The molecule has 4 nitrogen and oxygen atoms in total. The van der Waals surface area contributed by atoms with Crippen molar-refractivity contribution in [2.45, 2.75) is 39.0 Å². The summed E-state index contributed by atoms with van der Waals surface area (Å²) >= 11 is 0. The van der Waals surface area contributed by atoms with E-state index < -0.39 is 0 Å². The average molecular weight is 291 g/mol. The molecule has 1 aliphatic carbocycles. The Hall–Kier alpha value is -0.320. The normalized spacial score (nSPS) is 21.5. The van der Waals surface area contributed by atoms with Gasteiger partial charge in [0.25, 0.3) is 0 Å². The Morgan fingerprint density at radius 3 is 2.58 bits per heavy atom. The molecule has 1 saturated heterocycles. The Bertz CT molecular complexity index is 277. The topological polar surface area (TPSA) is 50.4 Å². The van der Waals surface area contributed by atoms with Crippen molar-refractivity contribution in [1.29, 1.82) is 0 Å². The van der Waals surface area contributed by atoms with Crippen LogP contribution in [0.3, 0.4) is 0 Å². The van der Waals surface area contributed by atoms with Gasteiger partial charge in [-0.15, -0.1) is 12.4 Å². The molecule has 1 aliphatic heterocycles. The van der Waals surface area contributed by atoms with Crippen LogP contribution in [0.5, 0.6) is 0 Å². The van der Waals surface area contributed by atoms with Crippen LogP contribution in [-0.4, -0.2) is 38.8 Å². The Morgan fingerprint density at radius 2 is 2.05 bits per heavy atom. The SMILES string of the molecule is CCOCCC1(CNC(=O)C2CNC2)CCCC1.Cl. The number of hydrogen-bond donors (Lipinski definition) is 2. The third kappa shape index (κ3) is 4.62. The Balaban J connectivity index is 0.00000180. The molecule has 0 aromatic rings. The van der Waals surface area contributed by atoms with Gasteiger partial charge < -0.3 is 15.4 Å². The number of amides is 1. The molecule has 0 aromatic heterocycles. The number of rotatable bonds is 7. The van der Waals surface area contributed by atoms with Gasteiger partial charge in [-0.1, -0.05) is 12.8 Å². The van der Waals surface area contributed by atoms with Crippen molar-refractivity contribution in [3.05, 3.63) is 0 Å².